The summed E-state index contributed by atoms with van der Waals surface area (Å²) in [6, 6.07) is 22.6. The van der Waals surface area contributed by atoms with Crippen molar-refractivity contribution < 1.29 is 0 Å². The summed E-state index contributed by atoms with van der Waals surface area (Å²) in [5.74, 6) is 18.1. The van der Waals surface area contributed by atoms with Crippen LogP contribution in [0, 0.1) is 0 Å². The summed E-state index contributed by atoms with van der Waals surface area (Å²) >= 11 is 0. The largest absolute Gasteiger partial charge is 0.324 e. The van der Waals surface area contributed by atoms with E-state index in [1.165, 1.54) is 0 Å². The number of aromatic nitrogens is 3. The molecule has 0 aliphatic rings. The van der Waals surface area contributed by atoms with Crippen molar-refractivity contribution in [2.45, 2.75) is 0 Å². The Bertz CT molecular complexity index is 966. The molecule has 1 aromatic heterocycles. The fourth-order valence-corrected chi connectivity index (χ4v) is 2.91. The van der Waals surface area contributed by atoms with E-state index < -0.39 is 0 Å². The van der Waals surface area contributed by atoms with E-state index in [-0.39, 0.29) is 0 Å². The number of anilines is 3. The quantitative estimate of drug-likeness (QED) is 0.212. The molecule has 4 aromatic rings. The van der Waals surface area contributed by atoms with Gasteiger partial charge in [-0.2, -0.15) is 0 Å². The van der Waals surface area contributed by atoms with Crippen molar-refractivity contribution in [1.82, 2.24) is 15.0 Å². The van der Waals surface area contributed by atoms with E-state index in [4.69, 9.17) is 17.5 Å². The lowest BCUT2D eigenvalue weighted by molar-refractivity contribution is 1.07. The lowest BCUT2D eigenvalue weighted by atomic mass is 10.1. The Morgan fingerprint density at radius 1 is 0.400 bits per heavy atom. The van der Waals surface area contributed by atoms with Crippen LogP contribution in [0.15, 0.2) is 72.8 Å². The van der Waals surface area contributed by atoms with Gasteiger partial charge in [-0.15, -0.1) is 0 Å². The molecule has 0 atom stereocenters. The van der Waals surface area contributed by atoms with Gasteiger partial charge in [-0.3, -0.25) is 17.5 Å². The Labute approximate surface area is 173 Å². The molecule has 0 bridgehead atoms. The molecular weight excluding hydrogens is 378 g/mol. The molecule has 0 radical (unpaired) electrons. The molecule has 4 rings (SSSR count). The molecule has 9 nitrogen and oxygen atoms in total. The lowest BCUT2D eigenvalue weighted by Gasteiger charge is -2.10. The van der Waals surface area contributed by atoms with Gasteiger partial charge in [0.25, 0.3) is 0 Å². The topological polar surface area (TPSA) is 153 Å². The number of hydrogen-bond donors (Lipinski definition) is 6. The van der Waals surface area contributed by atoms with Crippen LogP contribution < -0.4 is 33.8 Å². The van der Waals surface area contributed by atoms with Gasteiger partial charge in [0.05, 0.1) is 0 Å². The molecule has 9 N–H and O–H groups in total. The van der Waals surface area contributed by atoms with Crippen LogP contribution in [0.2, 0.25) is 0 Å². The first-order chi connectivity index (χ1) is 14.7. The van der Waals surface area contributed by atoms with Gasteiger partial charge in [-0.25, -0.2) is 15.0 Å². The van der Waals surface area contributed by atoms with Gasteiger partial charge >= 0.3 is 0 Å². The second kappa shape index (κ2) is 8.53. The fourth-order valence-electron chi connectivity index (χ4n) is 2.91. The minimum atomic E-state index is 0.556. The predicted octanol–water partition coefficient (Wildman–Crippen LogP) is 2.73. The van der Waals surface area contributed by atoms with Crippen LogP contribution in [0.25, 0.3) is 34.2 Å². The van der Waals surface area contributed by atoms with E-state index in [9.17, 15) is 0 Å². The van der Waals surface area contributed by atoms with Crippen molar-refractivity contribution in [3.8, 4) is 34.2 Å². The smallest absolute Gasteiger partial charge is 0.164 e. The Hall–Kier alpha value is -4.05. The Morgan fingerprint density at radius 2 is 0.633 bits per heavy atom. The first-order valence-electron chi connectivity index (χ1n) is 9.17. The highest BCUT2D eigenvalue weighted by Crippen LogP contribution is 2.26. The zero-order valence-electron chi connectivity index (χ0n) is 16.0. The van der Waals surface area contributed by atoms with E-state index in [1.807, 2.05) is 72.8 Å². The van der Waals surface area contributed by atoms with Crippen LogP contribution >= 0.6 is 0 Å². The lowest BCUT2D eigenvalue weighted by Crippen LogP contribution is -2.07. The number of benzene rings is 3. The molecule has 0 amide bonds. The minimum Gasteiger partial charge on any atom is -0.324 e. The molecule has 150 valence electrons. The van der Waals surface area contributed by atoms with Gasteiger partial charge in [0, 0.05) is 33.8 Å². The molecule has 9 heteroatoms. The van der Waals surface area contributed by atoms with Crippen LogP contribution in [0.3, 0.4) is 0 Å². The number of nitrogens with two attached hydrogens (primary N) is 3. The van der Waals surface area contributed by atoms with Gasteiger partial charge in [-0.1, -0.05) is 0 Å². The molecule has 0 aliphatic heterocycles. The molecule has 0 fully saturated rings. The molecule has 0 saturated heterocycles. The van der Waals surface area contributed by atoms with Crippen LogP contribution in [-0.4, -0.2) is 15.0 Å². The molecule has 3 aromatic carbocycles. The summed E-state index contributed by atoms with van der Waals surface area (Å²) in [5.41, 5.74) is 12.8. The Kier molecular flexibility index (Phi) is 5.48. The summed E-state index contributed by atoms with van der Waals surface area (Å²) < 4.78 is 0. The van der Waals surface area contributed by atoms with Gasteiger partial charge < -0.3 is 16.3 Å². The van der Waals surface area contributed by atoms with Crippen LogP contribution in [-0.2, 0) is 0 Å². The van der Waals surface area contributed by atoms with Crippen molar-refractivity contribution in [2.24, 2.45) is 17.5 Å². The van der Waals surface area contributed by atoms with Crippen molar-refractivity contribution in [3.05, 3.63) is 72.8 Å². The summed E-state index contributed by atoms with van der Waals surface area (Å²) in [5, 5.41) is 0. The monoisotopic (exact) mass is 399 g/mol. The van der Waals surface area contributed by atoms with E-state index >= 15 is 0 Å². The third-order valence-electron chi connectivity index (χ3n) is 4.56. The fraction of sp³-hybridized carbons (Fsp3) is 0. The standard InChI is InChI=1S/C21H21N9/c22-28-16-7-1-13(2-8-16)19-25-20(14-3-9-17(29-23)10-4-14)27-21(26-19)15-5-11-18(30-24)12-6-15/h1-12,28-30H,22-24H2. The number of hydrogen-bond acceptors (Lipinski definition) is 9. The van der Waals surface area contributed by atoms with Crippen molar-refractivity contribution in [3.63, 3.8) is 0 Å². The average molecular weight is 399 g/mol. The van der Waals surface area contributed by atoms with Gasteiger partial charge in [0.1, 0.15) is 0 Å². The maximum absolute atomic E-state index is 5.47. The van der Waals surface area contributed by atoms with E-state index in [1.54, 1.807) is 0 Å². The summed E-state index contributed by atoms with van der Waals surface area (Å²) in [6.45, 7) is 0. The maximum atomic E-state index is 5.47. The number of hydrazine groups is 3. The Balaban J connectivity index is 1.83. The van der Waals surface area contributed by atoms with Gasteiger partial charge in [-0.05, 0) is 72.8 Å². The van der Waals surface area contributed by atoms with Crippen LogP contribution in [0.1, 0.15) is 0 Å². The Morgan fingerprint density at radius 3 is 0.833 bits per heavy atom. The van der Waals surface area contributed by atoms with Gasteiger partial charge in [0.15, 0.2) is 17.5 Å². The van der Waals surface area contributed by atoms with Crippen LogP contribution in [0.4, 0.5) is 17.1 Å². The summed E-state index contributed by atoms with van der Waals surface area (Å²) in [7, 11) is 0. The molecule has 1 heterocycles. The number of rotatable bonds is 6. The van der Waals surface area contributed by atoms with E-state index in [0.29, 0.717) is 17.5 Å². The first-order valence-corrected chi connectivity index (χ1v) is 9.17. The SMILES string of the molecule is NNc1ccc(-c2nc(-c3ccc(NN)cc3)nc(-c3ccc(NN)cc3)n2)cc1. The zero-order chi connectivity index (χ0) is 20.9. The van der Waals surface area contributed by atoms with Crippen LogP contribution in [0.5, 0.6) is 0 Å². The molecule has 0 spiro atoms. The van der Waals surface area contributed by atoms with Crippen molar-refractivity contribution in [2.75, 3.05) is 16.3 Å². The molecule has 30 heavy (non-hydrogen) atoms. The van der Waals surface area contributed by atoms with E-state index in [0.717, 1.165) is 33.8 Å². The maximum Gasteiger partial charge on any atom is 0.164 e. The van der Waals surface area contributed by atoms with E-state index in [2.05, 4.69) is 31.2 Å². The average Bonchev–Trinajstić information content (AvgIpc) is 2.84. The number of nitrogens with zero attached hydrogens (tertiary/aromatic N) is 3. The zero-order valence-corrected chi connectivity index (χ0v) is 16.0. The highest BCUT2D eigenvalue weighted by Gasteiger charge is 2.12. The minimum absolute atomic E-state index is 0.556. The van der Waals surface area contributed by atoms with Crippen molar-refractivity contribution >= 4 is 17.1 Å². The third kappa shape index (κ3) is 4.03. The second-order valence-electron chi connectivity index (χ2n) is 6.47. The molecule has 0 aliphatic carbocycles. The predicted molar refractivity (Wildman–Crippen MR) is 120 cm³/mol. The number of nitrogens with one attached hydrogen (secondary N) is 3. The second-order valence-corrected chi connectivity index (χ2v) is 6.47. The molecular formula is C21H21N9. The third-order valence-corrected chi connectivity index (χ3v) is 4.56. The van der Waals surface area contributed by atoms with Crippen molar-refractivity contribution in [1.29, 1.82) is 0 Å². The molecule has 0 saturated carbocycles. The van der Waals surface area contributed by atoms with Gasteiger partial charge in [0.2, 0.25) is 0 Å². The first kappa shape index (κ1) is 19.3. The summed E-state index contributed by atoms with van der Waals surface area (Å²) in [6.07, 6.45) is 0. The highest BCUT2D eigenvalue weighted by atomic mass is 15.2. The highest BCUT2D eigenvalue weighted by molar-refractivity contribution is 5.69. The number of nitrogen functional groups attached to an aromatic ring is 3. The normalized spacial score (nSPS) is 10.5. The summed E-state index contributed by atoms with van der Waals surface area (Å²) in [4.78, 5) is 14.1. The molecule has 0 unspecified atom stereocenters.